The van der Waals surface area contributed by atoms with E-state index in [1.807, 2.05) is 0 Å². The van der Waals surface area contributed by atoms with Gasteiger partial charge in [-0.2, -0.15) is 13.2 Å². The molecular weight excluding hydrogens is 449 g/mol. The van der Waals surface area contributed by atoms with Crippen LogP contribution in [0.4, 0.5) is 27.6 Å². The number of carbonyl (C=O) groups excluding carboxylic acids is 2. The van der Waals surface area contributed by atoms with E-state index in [4.69, 9.17) is 10.5 Å². The van der Waals surface area contributed by atoms with E-state index in [-0.39, 0.29) is 28.9 Å². The molecule has 1 aromatic carbocycles. The maximum atomic E-state index is 14.3. The number of anilines is 1. The minimum atomic E-state index is -4.84. The number of benzene rings is 1. The van der Waals surface area contributed by atoms with Crippen LogP contribution in [0.15, 0.2) is 30.5 Å². The Balaban J connectivity index is 2.08. The molecule has 1 aromatic heterocycles. The van der Waals surface area contributed by atoms with Crippen LogP contribution in [-0.2, 0) is 9.53 Å². The van der Waals surface area contributed by atoms with Crippen molar-refractivity contribution in [2.24, 2.45) is 11.7 Å². The van der Waals surface area contributed by atoms with Crippen molar-refractivity contribution in [2.45, 2.75) is 51.0 Å². The summed E-state index contributed by atoms with van der Waals surface area (Å²) in [5, 5.41) is 2.41. The Morgan fingerprint density at radius 1 is 1.24 bits per heavy atom. The van der Waals surface area contributed by atoms with E-state index in [0.717, 1.165) is 19.1 Å². The van der Waals surface area contributed by atoms with Gasteiger partial charge in [-0.3, -0.25) is 14.6 Å². The number of nitrogens with two attached hydrogens (primary N) is 1. The van der Waals surface area contributed by atoms with Gasteiger partial charge in [0.05, 0.1) is 0 Å². The largest absolute Gasteiger partial charge is 0.417 e. The Kier molecular flexibility index (Phi) is 6.47. The first kappa shape index (κ1) is 24.6. The van der Waals surface area contributed by atoms with E-state index in [2.05, 4.69) is 10.3 Å². The molecule has 1 aliphatic rings. The summed E-state index contributed by atoms with van der Waals surface area (Å²) in [6, 6.07) is 4.46. The van der Waals surface area contributed by atoms with Crippen molar-refractivity contribution in [1.29, 1.82) is 0 Å². The number of primary amides is 1. The van der Waals surface area contributed by atoms with Gasteiger partial charge in [-0.1, -0.05) is 13.0 Å². The van der Waals surface area contributed by atoms with E-state index < -0.39 is 53.2 Å². The van der Waals surface area contributed by atoms with Crippen LogP contribution >= 0.6 is 0 Å². The van der Waals surface area contributed by atoms with Crippen LogP contribution in [0.25, 0.3) is 0 Å². The first-order valence-electron chi connectivity index (χ1n) is 10.1. The Morgan fingerprint density at radius 2 is 1.91 bits per heavy atom. The smallest absolute Gasteiger partial charge is 0.364 e. The SMILES string of the molecule is CC[C@@H]1[C@H](c2ccc(F)c(F)c2C)[C@@H](C(=O)Nc2ccnc(C(N)=O)c2)O[C@]1(C)C(F)(F)F. The number of rotatable bonds is 5. The van der Waals surface area contributed by atoms with Crippen LogP contribution in [0, 0.1) is 24.5 Å². The number of nitrogens with zero attached hydrogens (tertiary/aromatic N) is 1. The van der Waals surface area contributed by atoms with Crippen molar-refractivity contribution >= 4 is 17.5 Å². The third-order valence-electron chi connectivity index (χ3n) is 6.12. The molecular formula is C22H22F5N3O3. The zero-order chi connectivity index (χ0) is 24.7. The van der Waals surface area contributed by atoms with Crippen molar-refractivity contribution < 1.29 is 36.3 Å². The molecule has 3 rings (SSSR count). The summed E-state index contributed by atoms with van der Waals surface area (Å²) in [4.78, 5) is 28.2. The fourth-order valence-electron chi connectivity index (χ4n) is 4.38. The lowest BCUT2D eigenvalue weighted by Crippen LogP contribution is -2.48. The lowest BCUT2D eigenvalue weighted by molar-refractivity contribution is -0.274. The fraction of sp³-hybridized carbons (Fsp3) is 0.409. The van der Waals surface area contributed by atoms with E-state index in [1.165, 1.54) is 32.2 Å². The van der Waals surface area contributed by atoms with Gasteiger partial charge in [0.15, 0.2) is 17.2 Å². The lowest BCUT2D eigenvalue weighted by atomic mass is 9.73. The number of hydrogen-bond donors (Lipinski definition) is 2. The van der Waals surface area contributed by atoms with E-state index in [1.54, 1.807) is 0 Å². The van der Waals surface area contributed by atoms with Crippen molar-refractivity contribution in [3.05, 3.63) is 58.9 Å². The van der Waals surface area contributed by atoms with Gasteiger partial charge in [-0.15, -0.1) is 0 Å². The Hall–Kier alpha value is -3.08. The molecule has 0 bridgehead atoms. The highest BCUT2D eigenvalue weighted by molar-refractivity contribution is 5.97. The van der Waals surface area contributed by atoms with E-state index in [9.17, 15) is 31.5 Å². The molecule has 0 spiro atoms. The predicted molar refractivity (Wildman–Crippen MR) is 108 cm³/mol. The van der Waals surface area contributed by atoms with Gasteiger partial charge < -0.3 is 15.8 Å². The number of aromatic nitrogens is 1. The number of amides is 2. The summed E-state index contributed by atoms with van der Waals surface area (Å²) in [5.41, 5.74) is 2.18. The van der Waals surface area contributed by atoms with Gasteiger partial charge in [0.1, 0.15) is 11.8 Å². The molecule has 0 unspecified atom stereocenters. The number of hydrogen-bond acceptors (Lipinski definition) is 4. The second-order valence-corrected chi connectivity index (χ2v) is 8.04. The molecule has 2 amide bonds. The van der Waals surface area contributed by atoms with Crippen molar-refractivity contribution in [2.75, 3.05) is 5.32 Å². The molecule has 3 N–H and O–H groups in total. The summed E-state index contributed by atoms with van der Waals surface area (Å²) in [7, 11) is 0. The number of alkyl halides is 3. The summed E-state index contributed by atoms with van der Waals surface area (Å²) >= 11 is 0. The quantitative estimate of drug-likeness (QED) is 0.638. The van der Waals surface area contributed by atoms with Gasteiger partial charge in [0.25, 0.3) is 11.8 Å². The molecule has 0 saturated carbocycles. The summed E-state index contributed by atoms with van der Waals surface area (Å²) < 4.78 is 75.6. The second kappa shape index (κ2) is 8.69. The molecule has 1 saturated heterocycles. The molecule has 33 heavy (non-hydrogen) atoms. The first-order valence-corrected chi connectivity index (χ1v) is 10.1. The average Bonchev–Trinajstić information content (AvgIpc) is 3.06. The molecule has 0 radical (unpaired) electrons. The lowest BCUT2D eigenvalue weighted by Gasteiger charge is -2.33. The summed E-state index contributed by atoms with van der Waals surface area (Å²) in [6.07, 6.45) is -5.39. The van der Waals surface area contributed by atoms with Crippen LogP contribution in [-0.4, -0.2) is 34.7 Å². The molecule has 4 atom stereocenters. The van der Waals surface area contributed by atoms with Crippen LogP contribution in [0.1, 0.15) is 47.8 Å². The Morgan fingerprint density at radius 3 is 2.48 bits per heavy atom. The number of carbonyl (C=O) groups is 2. The van der Waals surface area contributed by atoms with Crippen LogP contribution < -0.4 is 11.1 Å². The third-order valence-corrected chi connectivity index (χ3v) is 6.12. The number of halogens is 5. The van der Waals surface area contributed by atoms with Gasteiger partial charge >= 0.3 is 6.18 Å². The maximum absolute atomic E-state index is 14.3. The topological polar surface area (TPSA) is 94.3 Å². The van der Waals surface area contributed by atoms with E-state index >= 15 is 0 Å². The standard InChI is InChI=1S/C22H22F5N3O3/c1-4-13-16(12-5-6-14(23)17(24)10(12)2)18(33-21(13,3)22(25,26)27)20(32)30-11-7-8-29-15(9-11)19(28)31/h5-9,13,16,18H,4H2,1-3H3,(H2,28,31)(H,29,30,32)/t13-,16+,18+,21+/m1/s1. The Labute approximate surface area is 186 Å². The zero-order valence-electron chi connectivity index (χ0n) is 18.0. The minimum absolute atomic E-state index is 0.0430. The van der Waals surface area contributed by atoms with Gasteiger partial charge in [-0.25, -0.2) is 8.78 Å². The fourth-order valence-corrected chi connectivity index (χ4v) is 4.38. The van der Waals surface area contributed by atoms with Gasteiger partial charge in [0, 0.05) is 23.7 Å². The maximum Gasteiger partial charge on any atom is 0.417 e. The number of ether oxygens (including phenoxy) is 1. The highest BCUT2D eigenvalue weighted by atomic mass is 19.4. The number of nitrogens with one attached hydrogen (secondary N) is 1. The highest BCUT2D eigenvalue weighted by Gasteiger charge is 2.66. The molecule has 2 aromatic rings. The third kappa shape index (κ3) is 4.29. The van der Waals surface area contributed by atoms with Gasteiger partial charge in [-0.05, 0) is 49.6 Å². The van der Waals surface area contributed by atoms with E-state index in [0.29, 0.717) is 0 Å². The molecule has 1 fully saturated rings. The second-order valence-electron chi connectivity index (χ2n) is 8.04. The number of pyridine rings is 1. The van der Waals surface area contributed by atoms with Gasteiger partial charge in [0.2, 0.25) is 0 Å². The normalized spacial score (nSPS) is 25.2. The molecule has 6 nitrogen and oxygen atoms in total. The molecule has 178 valence electrons. The summed E-state index contributed by atoms with van der Waals surface area (Å²) in [5.74, 6) is -6.67. The average molecular weight is 471 g/mol. The van der Waals surface area contributed by atoms with Crippen LogP contribution in [0.5, 0.6) is 0 Å². The van der Waals surface area contributed by atoms with Crippen molar-refractivity contribution in [1.82, 2.24) is 4.98 Å². The first-order chi connectivity index (χ1) is 15.3. The van der Waals surface area contributed by atoms with Crippen molar-refractivity contribution in [3.63, 3.8) is 0 Å². The molecule has 2 heterocycles. The minimum Gasteiger partial charge on any atom is -0.364 e. The predicted octanol–water partition coefficient (Wildman–Crippen LogP) is 4.24. The van der Waals surface area contributed by atoms with Crippen LogP contribution in [0.2, 0.25) is 0 Å². The molecule has 11 heteroatoms. The molecule has 0 aliphatic carbocycles. The highest BCUT2D eigenvalue weighted by Crippen LogP contribution is 2.55. The monoisotopic (exact) mass is 471 g/mol. The zero-order valence-corrected chi connectivity index (χ0v) is 18.0. The van der Waals surface area contributed by atoms with Crippen molar-refractivity contribution in [3.8, 4) is 0 Å². The summed E-state index contributed by atoms with van der Waals surface area (Å²) in [6.45, 7) is 3.58. The van der Waals surface area contributed by atoms with Crippen LogP contribution in [0.3, 0.4) is 0 Å². The molecule has 1 aliphatic heterocycles. The Bertz CT molecular complexity index is 1090.